The number of hydrogen-bond acceptors (Lipinski definition) is 7. The van der Waals surface area contributed by atoms with Crippen LogP contribution < -0.4 is 25.1 Å². The molecule has 1 amide bonds. The minimum Gasteiger partial charge on any atom is -0.493 e. The van der Waals surface area contributed by atoms with Crippen molar-refractivity contribution in [1.82, 2.24) is 19.7 Å². The maximum Gasteiger partial charge on any atom is 0.267 e. The van der Waals surface area contributed by atoms with Crippen molar-refractivity contribution in [2.24, 2.45) is 0 Å². The number of carbonyl (C=O) groups excluding carboxylic acids is 1. The third-order valence-corrected chi connectivity index (χ3v) is 6.74. The first-order valence-corrected chi connectivity index (χ1v) is 12.1. The van der Waals surface area contributed by atoms with Gasteiger partial charge in [0.1, 0.15) is 5.75 Å². The fourth-order valence-corrected chi connectivity index (χ4v) is 4.97. The number of ether oxygens (including phenoxy) is 3. The Hall–Kier alpha value is -4.92. The molecule has 9 nitrogen and oxygen atoms in total. The van der Waals surface area contributed by atoms with Crippen molar-refractivity contribution < 1.29 is 19.0 Å². The largest absolute Gasteiger partial charge is 0.493 e. The van der Waals surface area contributed by atoms with Crippen LogP contribution in [0.5, 0.6) is 17.2 Å². The molecule has 6 aromatic rings. The summed E-state index contributed by atoms with van der Waals surface area (Å²) in [6.45, 7) is 2.06. The third kappa shape index (κ3) is 3.62. The topological polar surface area (TPSA) is 104 Å². The van der Waals surface area contributed by atoms with Gasteiger partial charge in [-0.2, -0.15) is 0 Å². The fraction of sp³-hybridized carbons (Fsp3) is 0.172. The highest BCUT2D eigenvalue weighted by atomic mass is 16.5. The summed E-state index contributed by atoms with van der Waals surface area (Å²) in [5.74, 6) is 1.11. The number of methoxy groups -OCH3 is 2. The molecule has 2 aromatic carbocycles. The van der Waals surface area contributed by atoms with E-state index in [0.29, 0.717) is 51.1 Å². The Morgan fingerprint density at radius 3 is 2.66 bits per heavy atom. The molecule has 0 spiro atoms. The van der Waals surface area contributed by atoms with Crippen LogP contribution in [0.2, 0.25) is 0 Å². The van der Waals surface area contributed by atoms with Gasteiger partial charge in [-0.25, -0.2) is 0 Å². The first-order valence-electron chi connectivity index (χ1n) is 12.1. The van der Waals surface area contributed by atoms with Gasteiger partial charge in [-0.3, -0.25) is 24.0 Å². The summed E-state index contributed by atoms with van der Waals surface area (Å²) < 4.78 is 18.7. The molecule has 0 aliphatic rings. The molecule has 0 aliphatic heterocycles. The van der Waals surface area contributed by atoms with Crippen molar-refractivity contribution in [2.75, 3.05) is 14.2 Å². The van der Waals surface area contributed by atoms with Crippen molar-refractivity contribution in [3.63, 3.8) is 0 Å². The Balaban J connectivity index is 1.43. The molecule has 1 N–H and O–H groups in total. The van der Waals surface area contributed by atoms with Gasteiger partial charge in [-0.15, -0.1) is 0 Å². The Bertz CT molecular complexity index is 1880. The molecule has 4 aromatic heterocycles. The van der Waals surface area contributed by atoms with Crippen LogP contribution in [0.3, 0.4) is 0 Å². The van der Waals surface area contributed by atoms with Gasteiger partial charge in [0.25, 0.3) is 11.5 Å². The minimum atomic E-state index is -0.729. The van der Waals surface area contributed by atoms with Crippen molar-refractivity contribution >= 4 is 44.0 Å². The van der Waals surface area contributed by atoms with Gasteiger partial charge in [0.2, 0.25) is 0 Å². The maximum absolute atomic E-state index is 13.9. The van der Waals surface area contributed by atoms with E-state index < -0.39 is 6.10 Å². The van der Waals surface area contributed by atoms with Gasteiger partial charge in [0, 0.05) is 41.3 Å². The highest BCUT2D eigenvalue weighted by Crippen LogP contribution is 2.39. The van der Waals surface area contributed by atoms with Gasteiger partial charge in [0.05, 0.1) is 36.2 Å². The number of aromatic nitrogens is 3. The molecule has 0 fully saturated rings. The van der Waals surface area contributed by atoms with Crippen molar-refractivity contribution in [2.45, 2.75) is 19.6 Å². The van der Waals surface area contributed by atoms with Crippen LogP contribution in [0.15, 0.2) is 71.9 Å². The first kappa shape index (κ1) is 23.5. The lowest BCUT2D eigenvalue weighted by molar-refractivity contribution is -0.127. The molecule has 0 bridgehead atoms. The normalized spacial score (nSPS) is 12.3. The Kier molecular flexibility index (Phi) is 5.68. The zero-order valence-corrected chi connectivity index (χ0v) is 21.0. The van der Waals surface area contributed by atoms with Gasteiger partial charge >= 0.3 is 0 Å². The summed E-state index contributed by atoms with van der Waals surface area (Å²) >= 11 is 0. The number of pyridine rings is 3. The lowest BCUT2D eigenvalue weighted by Gasteiger charge is -2.15. The maximum atomic E-state index is 13.9. The smallest absolute Gasteiger partial charge is 0.267 e. The van der Waals surface area contributed by atoms with E-state index >= 15 is 0 Å². The van der Waals surface area contributed by atoms with Crippen LogP contribution in [-0.2, 0) is 11.3 Å². The van der Waals surface area contributed by atoms with Gasteiger partial charge in [0.15, 0.2) is 17.6 Å². The van der Waals surface area contributed by atoms with E-state index in [1.165, 1.54) is 14.2 Å². The molecule has 0 aliphatic carbocycles. The number of rotatable bonds is 7. The molecule has 1 atom stereocenters. The standard InChI is InChI=1S/C29H24N4O5/c1-16(28(34)32-15-17-5-4-11-30-14-17)38-18-6-8-22-21(13-18)19-10-12-31-25-20-7-9-23(36-2)27(37-3)24(20)29(35)33(22)26(19)25/h4-14,16H,15H2,1-3H3,(H,32,34)/t16-/m0/s1. The molecule has 0 unspecified atom stereocenters. The number of benzene rings is 2. The number of carbonyl (C=O) groups is 1. The predicted octanol–water partition coefficient (Wildman–Crippen LogP) is 4.09. The van der Waals surface area contributed by atoms with Crippen LogP contribution in [0, 0.1) is 0 Å². The van der Waals surface area contributed by atoms with Crippen LogP contribution in [0.25, 0.3) is 38.1 Å². The lowest BCUT2D eigenvalue weighted by atomic mass is 10.1. The molecule has 9 heteroatoms. The van der Waals surface area contributed by atoms with Crippen LogP contribution >= 0.6 is 0 Å². The highest BCUT2D eigenvalue weighted by Gasteiger charge is 2.23. The molecular formula is C29H24N4O5. The van der Waals surface area contributed by atoms with E-state index in [4.69, 9.17) is 14.2 Å². The van der Waals surface area contributed by atoms with Gasteiger partial charge in [-0.05, 0) is 55.0 Å². The Morgan fingerprint density at radius 2 is 1.89 bits per heavy atom. The summed E-state index contributed by atoms with van der Waals surface area (Å²) in [4.78, 5) is 35.2. The molecule has 4 heterocycles. The molecular weight excluding hydrogens is 484 g/mol. The summed E-state index contributed by atoms with van der Waals surface area (Å²) in [6.07, 6.45) is 4.38. The number of amides is 1. The third-order valence-electron chi connectivity index (χ3n) is 6.74. The van der Waals surface area contributed by atoms with Crippen LogP contribution in [-0.4, -0.2) is 40.6 Å². The second kappa shape index (κ2) is 9.19. The van der Waals surface area contributed by atoms with Crippen LogP contribution in [0.1, 0.15) is 12.5 Å². The Labute approximate surface area is 216 Å². The number of nitrogens with zero attached hydrogens (tertiary/aromatic N) is 3. The zero-order valence-electron chi connectivity index (χ0n) is 21.0. The molecule has 0 saturated carbocycles. The zero-order chi connectivity index (χ0) is 26.4. The van der Waals surface area contributed by atoms with E-state index in [9.17, 15) is 9.59 Å². The summed E-state index contributed by atoms with van der Waals surface area (Å²) in [5.41, 5.74) is 2.77. The lowest BCUT2D eigenvalue weighted by Crippen LogP contribution is -2.35. The fourth-order valence-electron chi connectivity index (χ4n) is 4.97. The van der Waals surface area contributed by atoms with E-state index in [2.05, 4.69) is 15.3 Å². The summed E-state index contributed by atoms with van der Waals surface area (Å²) in [7, 11) is 3.05. The van der Waals surface area contributed by atoms with Crippen molar-refractivity contribution in [3.8, 4) is 17.2 Å². The summed E-state index contributed by atoms with van der Waals surface area (Å²) in [5, 5.41) is 5.63. The first-order chi connectivity index (χ1) is 18.5. The average molecular weight is 509 g/mol. The van der Waals surface area contributed by atoms with Gasteiger partial charge < -0.3 is 19.5 Å². The highest BCUT2D eigenvalue weighted by molar-refractivity contribution is 6.19. The number of nitrogens with one attached hydrogen (secondary N) is 1. The van der Waals surface area contributed by atoms with E-state index in [1.54, 1.807) is 42.0 Å². The Morgan fingerprint density at radius 1 is 1.03 bits per heavy atom. The molecule has 6 rings (SSSR count). The number of hydrogen-bond donors (Lipinski definition) is 1. The number of fused-ring (bicyclic) bond motifs is 5. The average Bonchev–Trinajstić information content (AvgIpc) is 3.29. The van der Waals surface area contributed by atoms with Crippen LogP contribution in [0.4, 0.5) is 0 Å². The van der Waals surface area contributed by atoms with Gasteiger partial charge in [-0.1, -0.05) is 6.07 Å². The van der Waals surface area contributed by atoms with Crippen molar-refractivity contribution in [1.29, 1.82) is 0 Å². The SMILES string of the molecule is COc1ccc2c(c1OC)c(=O)n1c3ccc(O[C@@H](C)C(=O)NCc4cccnc4)cc3c3ccnc2c31. The van der Waals surface area contributed by atoms with E-state index in [-0.39, 0.29) is 11.5 Å². The predicted molar refractivity (Wildman–Crippen MR) is 144 cm³/mol. The molecule has 38 heavy (non-hydrogen) atoms. The van der Waals surface area contributed by atoms with E-state index in [1.807, 2.05) is 36.4 Å². The second-order valence-corrected chi connectivity index (χ2v) is 8.94. The molecule has 0 saturated heterocycles. The molecule has 190 valence electrons. The van der Waals surface area contributed by atoms with Crippen molar-refractivity contribution in [3.05, 3.63) is 83.0 Å². The summed E-state index contributed by atoms with van der Waals surface area (Å²) in [6, 6.07) is 14.6. The monoisotopic (exact) mass is 508 g/mol. The molecule has 0 radical (unpaired) electrons. The second-order valence-electron chi connectivity index (χ2n) is 8.94. The van der Waals surface area contributed by atoms with E-state index in [0.717, 1.165) is 16.3 Å². The quantitative estimate of drug-likeness (QED) is 0.324. The minimum absolute atomic E-state index is 0.229.